The van der Waals surface area contributed by atoms with Gasteiger partial charge in [-0.2, -0.15) is 0 Å². The summed E-state index contributed by atoms with van der Waals surface area (Å²) in [5, 5.41) is 9.35. The first-order valence-corrected chi connectivity index (χ1v) is 9.60. The molecule has 1 saturated carbocycles. The standard InChI is InChI=1S/C21H24ClN3O2/c1-14(26)23-18-10-5-11-19(13-18)24-21(27)25-20(15-6-2-3-7-15)16-8-4-9-17(22)12-16/h4-5,8-13,15,20H,2-3,6-7H2,1H3,(H,23,26)(H2,24,25,27)/t20-/m0/s1. The molecule has 2 aromatic rings. The van der Waals surface area contributed by atoms with Crippen LogP contribution in [-0.4, -0.2) is 11.9 Å². The highest BCUT2D eigenvalue weighted by Gasteiger charge is 2.28. The predicted octanol–water partition coefficient (Wildman–Crippen LogP) is 5.35. The van der Waals surface area contributed by atoms with E-state index in [1.54, 1.807) is 24.3 Å². The van der Waals surface area contributed by atoms with E-state index in [0.717, 1.165) is 18.4 Å². The zero-order valence-corrected chi connectivity index (χ0v) is 16.1. The lowest BCUT2D eigenvalue weighted by atomic mass is 9.92. The second kappa shape index (κ2) is 8.91. The number of benzene rings is 2. The lowest BCUT2D eigenvalue weighted by Gasteiger charge is -2.25. The monoisotopic (exact) mass is 385 g/mol. The second-order valence-electron chi connectivity index (χ2n) is 6.94. The van der Waals surface area contributed by atoms with Gasteiger partial charge in [-0.3, -0.25) is 4.79 Å². The van der Waals surface area contributed by atoms with Crippen molar-refractivity contribution in [2.75, 3.05) is 10.6 Å². The van der Waals surface area contributed by atoms with E-state index in [0.29, 0.717) is 22.3 Å². The van der Waals surface area contributed by atoms with Crippen molar-refractivity contribution in [2.45, 2.75) is 38.6 Å². The zero-order valence-electron chi connectivity index (χ0n) is 15.3. The van der Waals surface area contributed by atoms with Gasteiger partial charge < -0.3 is 16.0 Å². The van der Waals surface area contributed by atoms with Gasteiger partial charge in [0.25, 0.3) is 0 Å². The predicted molar refractivity (Wildman–Crippen MR) is 109 cm³/mol. The largest absolute Gasteiger partial charge is 0.331 e. The van der Waals surface area contributed by atoms with Crippen molar-refractivity contribution >= 4 is 34.9 Å². The van der Waals surface area contributed by atoms with Crippen molar-refractivity contribution in [3.63, 3.8) is 0 Å². The minimum Gasteiger partial charge on any atom is -0.331 e. The first-order valence-electron chi connectivity index (χ1n) is 9.22. The molecule has 3 N–H and O–H groups in total. The van der Waals surface area contributed by atoms with Crippen LogP contribution in [0.15, 0.2) is 48.5 Å². The van der Waals surface area contributed by atoms with Crippen LogP contribution in [0.1, 0.15) is 44.2 Å². The Balaban J connectivity index is 1.72. The van der Waals surface area contributed by atoms with Crippen LogP contribution in [0, 0.1) is 5.92 Å². The topological polar surface area (TPSA) is 70.2 Å². The SMILES string of the molecule is CC(=O)Nc1cccc(NC(=O)N[C@H](c2cccc(Cl)c2)C2CCCC2)c1. The molecule has 142 valence electrons. The normalized spacial score (nSPS) is 15.2. The minimum absolute atomic E-state index is 0.0790. The summed E-state index contributed by atoms with van der Waals surface area (Å²) in [4.78, 5) is 23.8. The highest BCUT2D eigenvalue weighted by Crippen LogP contribution is 2.36. The van der Waals surface area contributed by atoms with Gasteiger partial charge in [-0.05, 0) is 54.7 Å². The molecule has 5 nitrogen and oxygen atoms in total. The number of carbonyl (C=O) groups excluding carboxylic acids is 2. The highest BCUT2D eigenvalue weighted by molar-refractivity contribution is 6.30. The van der Waals surface area contributed by atoms with Gasteiger partial charge in [0.05, 0.1) is 6.04 Å². The summed E-state index contributed by atoms with van der Waals surface area (Å²) < 4.78 is 0. The van der Waals surface area contributed by atoms with E-state index >= 15 is 0 Å². The molecule has 1 aliphatic carbocycles. The molecule has 3 amide bonds. The van der Waals surface area contributed by atoms with E-state index < -0.39 is 0 Å². The fourth-order valence-corrected chi connectivity index (χ4v) is 3.85. The van der Waals surface area contributed by atoms with E-state index in [2.05, 4.69) is 16.0 Å². The number of hydrogen-bond donors (Lipinski definition) is 3. The van der Waals surface area contributed by atoms with Crippen molar-refractivity contribution in [2.24, 2.45) is 5.92 Å². The Morgan fingerprint density at radius 2 is 1.67 bits per heavy atom. The third-order valence-corrected chi connectivity index (χ3v) is 5.04. The highest BCUT2D eigenvalue weighted by atomic mass is 35.5. The fraction of sp³-hybridized carbons (Fsp3) is 0.333. The zero-order chi connectivity index (χ0) is 19.2. The number of urea groups is 1. The Morgan fingerprint density at radius 3 is 2.33 bits per heavy atom. The van der Waals surface area contributed by atoms with Crippen LogP contribution in [0.4, 0.5) is 16.2 Å². The van der Waals surface area contributed by atoms with Crippen LogP contribution in [0.2, 0.25) is 5.02 Å². The van der Waals surface area contributed by atoms with Crippen molar-refractivity contribution in [3.05, 3.63) is 59.1 Å². The molecule has 2 aromatic carbocycles. The summed E-state index contributed by atoms with van der Waals surface area (Å²) in [6.45, 7) is 1.45. The van der Waals surface area contributed by atoms with Gasteiger partial charge in [0.15, 0.2) is 0 Å². The van der Waals surface area contributed by atoms with Gasteiger partial charge in [0, 0.05) is 23.3 Å². The second-order valence-corrected chi connectivity index (χ2v) is 7.37. The summed E-state index contributed by atoms with van der Waals surface area (Å²) in [6.07, 6.45) is 4.55. The quantitative estimate of drug-likeness (QED) is 0.649. The van der Waals surface area contributed by atoms with Crippen LogP contribution < -0.4 is 16.0 Å². The first-order chi connectivity index (χ1) is 13.0. The first kappa shape index (κ1) is 19.2. The lowest BCUT2D eigenvalue weighted by molar-refractivity contribution is -0.114. The molecule has 0 saturated heterocycles. The molecule has 1 aliphatic rings. The third-order valence-electron chi connectivity index (χ3n) is 4.81. The summed E-state index contributed by atoms with van der Waals surface area (Å²) in [5.41, 5.74) is 2.29. The summed E-state index contributed by atoms with van der Waals surface area (Å²) in [7, 11) is 0. The van der Waals surface area contributed by atoms with Crippen molar-refractivity contribution in [1.82, 2.24) is 5.32 Å². The van der Waals surface area contributed by atoms with E-state index in [1.165, 1.54) is 19.8 Å². The molecule has 0 aliphatic heterocycles. The number of halogens is 1. The van der Waals surface area contributed by atoms with Crippen LogP contribution >= 0.6 is 11.6 Å². The van der Waals surface area contributed by atoms with Crippen LogP contribution in [0.5, 0.6) is 0 Å². The molecule has 0 radical (unpaired) electrons. The molecular weight excluding hydrogens is 362 g/mol. The van der Waals surface area contributed by atoms with E-state index in [-0.39, 0.29) is 18.0 Å². The number of anilines is 2. The van der Waals surface area contributed by atoms with Crippen molar-refractivity contribution in [1.29, 1.82) is 0 Å². The minimum atomic E-state index is -0.271. The Morgan fingerprint density at radius 1 is 1.00 bits per heavy atom. The van der Waals surface area contributed by atoms with Gasteiger partial charge in [-0.25, -0.2) is 4.79 Å². The Hall–Kier alpha value is -2.53. The van der Waals surface area contributed by atoms with Crippen molar-refractivity contribution < 1.29 is 9.59 Å². The Kier molecular flexibility index (Phi) is 6.35. The van der Waals surface area contributed by atoms with Gasteiger partial charge >= 0.3 is 6.03 Å². The van der Waals surface area contributed by atoms with E-state index in [9.17, 15) is 9.59 Å². The maximum absolute atomic E-state index is 12.6. The molecule has 0 spiro atoms. The number of hydrogen-bond acceptors (Lipinski definition) is 2. The molecule has 27 heavy (non-hydrogen) atoms. The molecule has 0 aromatic heterocycles. The molecular formula is C21H24ClN3O2. The molecule has 6 heteroatoms. The van der Waals surface area contributed by atoms with E-state index in [1.807, 2.05) is 24.3 Å². The Labute approximate surface area is 164 Å². The van der Waals surface area contributed by atoms with Gasteiger partial charge in [-0.1, -0.05) is 42.6 Å². The Bertz CT molecular complexity index is 819. The number of rotatable bonds is 5. The molecule has 0 bridgehead atoms. The maximum Gasteiger partial charge on any atom is 0.319 e. The molecule has 3 rings (SSSR count). The summed E-state index contributed by atoms with van der Waals surface area (Å²) in [6, 6.07) is 14.4. The van der Waals surface area contributed by atoms with Gasteiger partial charge in [0.2, 0.25) is 5.91 Å². The lowest BCUT2D eigenvalue weighted by Crippen LogP contribution is -2.36. The number of nitrogens with one attached hydrogen (secondary N) is 3. The number of carbonyl (C=O) groups is 2. The molecule has 0 unspecified atom stereocenters. The summed E-state index contributed by atoms with van der Waals surface area (Å²) in [5.74, 6) is 0.249. The van der Waals surface area contributed by atoms with Gasteiger partial charge in [-0.15, -0.1) is 0 Å². The maximum atomic E-state index is 12.6. The fourth-order valence-electron chi connectivity index (χ4n) is 3.65. The molecule has 0 heterocycles. The number of amides is 3. The third kappa shape index (κ3) is 5.47. The molecule has 1 fully saturated rings. The smallest absolute Gasteiger partial charge is 0.319 e. The molecule has 1 atom stereocenters. The van der Waals surface area contributed by atoms with Gasteiger partial charge in [0.1, 0.15) is 0 Å². The van der Waals surface area contributed by atoms with E-state index in [4.69, 9.17) is 11.6 Å². The summed E-state index contributed by atoms with van der Waals surface area (Å²) >= 11 is 6.16. The van der Waals surface area contributed by atoms with Crippen LogP contribution in [-0.2, 0) is 4.79 Å². The van der Waals surface area contributed by atoms with Crippen molar-refractivity contribution in [3.8, 4) is 0 Å². The average molecular weight is 386 g/mol. The average Bonchev–Trinajstić information content (AvgIpc) is 3.13. The van der Waals surface area contributed by atoms with Crippen LogP contribution in [0.25, 0.3) is 0 Å². The van der Waals surface area contributed by atoms with Crippen LogP contribution in [0.3, 0.4) is 0 Å².